The van der Waals surface area contributed by atoms with Crippen LogP contribution in [0.2, 0.25) is 0 Å². The number of hydrogen-bond donors (Lipinski definition) is 3. The summed E-state index contributed by atoms with van der Waals surface area (Å²) in [5, 5.41) is 4.81. The van der Waals surface area contributed by atoms with Crippen LogP contribution in [-0.2, 0) is 9.59 Å². The summed E-state index contributed by atoms with van der Waals surface area (Å²) in [6.45, 7) is 4.72. The first-order valence-corrected chi connectivity index (χ1v) is 7.00. The second-order valence-electron chi connectivity index (χ2n) is 5.41. The first-order chi connectivity index (χ1) is 10.2. The Balaban J connectivity index is 0.00000484. The fourth-order valence-electron chi connectivity index (χ4n) is 1.88. The van der Waals surface area contributed by atoms with Gasteiger partial charge in [-0.25, -0.2) is 8.78 Å². The number of halogens is 3. The molecule has 0 aliphatic heterocycles. The van der Waals surface area contributed by atoms with E-state index in [-0.39, 0.29) is 30.4 Å². The average Bonchev–Trinajstić information content (AvgIpc) is 2.43. The molecule has 1 aromatic carbocycles. The van der Waals surface area contributed by atoms with Crippen LogP contribution < -0.4 is 16.4 Å². The monoisotopic (exact) mass is 349 g/mol. The number of rotatable bonds is 6. The predicted octanol–water partition coefficient (Wildman–Crippen LogP) is 1.66. The fourth-order valence-corrected chi connectivity index (χ4v) is 1.88. The summed E-state index contributed by atoms with van der Waals surface area (Å²) in [5.41, 5.74) is 5.41. The van der Waals surface area contributed by atoms with E-state index in [2.05, 4.69) is 10.6 Å². The van der Waals surface area contributed by atoms with E-state index < -0.39 is 35.5 Å². The van der Waals surface area contributed by atoms with Gasteiger partial charge in [-0.3, -0.25) is 9.59 Å². The predicted molar refractivity (Wildman–Crippen MR) is 86.0 cm³/mol. The molecule has 2 amide bonds. The minimum Gasteiger partial charge on any atom is -0.348 e. The summed E-state index contributed by atoms with van der Waals surface area (Å²) in [7, 11) is 0. The van der Waals surface area contributed by atoms with Crippen molar-refractivity contribution in [3.8, 4) is 0 Å². The molecule has 0 aromatic heterocycles. The number of amides is 2. The first-order valence-electron chi connectivity index (χ1n) is 7.00. The van der Waals surface area contributed by atoms with Crippen molar-refractivity contribution in [1.29, 1.82) is 0 Å². The number of nitrogens with one attached hydrogen (secondary N) is 2. The SMILES string of the molecule is CC(NC(=O)CNC(=O)[C@@H](N)C(C)C)c1c(F)cccc1F.Cl. The zero-order valence-electron chi connectivity index (χ0n) is 13.2. The van der Waals surface area contributed by atoms with Crippen molar-refractivity contribution in [2.75, 3.05) is 6.54 Å². The molecular weight excluding hydrogens is 328 g/mol. The summed E-state index contributed by atoms with van der Waals surface area (Å²) in [5.74, 6) is -2.54. The van der Waals surface area contributed by atoms with Gasteiger partial charge in [-0.1, -0.05) is 19.9 Å². The van der Waals surface area contributed by atoms with Crippen molar-refractivity contribution >= 4 is 24.2 Å². The quantitative estimate of drug-likeness (QED) is 0.730. The van der Waals surface area contributed by atoms with Gasteiger partial charge in [0.05, 0.1) is 18.6 Å². The maximum absolute atomic E-state index is 13.6. The molecule has 1 rings (SSSR count). The molecule has 0 heterocycles. The number of benzene rings is 1. The molecule has 0 saturated carbocycles. The van der Waals surface area contributed by atoms with E-state index in [0.29, 0.717) is 0 Å². The molecule has 130 valence electrons. The van der Waals surface area contributed by atoms with Gasteiger partial charge in [-0.2, -0.15) is 0 Å². The van der Waals surface area contributed by atoms with Gasteiger partial charge < -0.3 is 16.4 Å². The Morgan fingerprint density at radius 2 is 1.70 bits per heavy atom. The molecule has 0 radical (unpaired) electrons. The van der Waals surface area contributed by atoms with Gasteiger partial charge in [0.1, 0.15) is 11.6 Å². The van der Waals surface area contributed by atoms with E-state index in [1.165, 1.54) is 13.0 Å². The average molecular weight is 350 g/mol. The molecular formula is C15H22ClF2N3O2. The van der Waals surface area contributed by atoms with Crippen LogP contribution in [0.1, 0.15) is 32.4 Å². The molecule has 1 aromatic rings. The molecule has 0 spiro atoms. The zero-order chi connectivity index (χ0) is 16.9. The highest BCUT2D eigenvalue weighted by molar-refractivity contribution is 5.87. The van der Waals surface area contributed by atoms with Crippen molar-refractivity contribution in [1.82, 2.24) is 10.6 Å². The van der Waals surface area contributed by atoms with Gasteiger partial charge in [0.15, 0.2) is 0 Å². The number of carbonyl (C=O) groups excluding carboxylic acids is 2. The van der Waals surface area contributed by atoms with E-state index >= 15 is 0 Å². The number of hydrogen-bond acceptors (Lipinski definition) is 3. The maximum atomic E-state index is 13.6. The Morgan fingerprint density at radius 1 is 1.17 bits per heavy atom. The van der Waals surface area contributed by atoms with Gasteiger partial charge in [0.2, 0.25) is 11.8 Å². The summed E-state index contributed by atoms with van der Waals surface area (Å²) >= 11 is 0. The smallest absolute Gasteiger partial charge is 0.239 e. The third-order valence-electron chi connectivity index (χ3n) is 3.25. The third-order valence-corrected chi connectivity index (χ3v) is 3.25. The summed E-state index contributed by atoms with van der Waals surface area (Å²) in [4.78, 5) is 23.4. The second-order valence-corrected chi connectivity index (χ2v) is 5.41. The normalized spacial score (nSPS) is 13.0. The minimum atomic E-state index is -0.857. The minimum absolute atomic E-state index is 0. The van der Waals surface area contributed by atoms with E-state index in [9.17, 15) is 18.4 Å². The third kappa shape index (κ3) is 6.11. The van der Waals surface area contributed by atoms with Crippen LogP contribution in [0.15, 0.2) is 18.2 Å². The Kier molecular flexibility index (Phi) is 8.71. The Labute approximate surface area is 140 Å². The van der Waals surface area contributed by atoms with Gasteiger partial charge in [0, 0.05) is 5.56 Å². The van der Waals surface area contributed by atoms with E-state index in [0.717, 1.165) is 12.1 Å². The molecule has 1 unspecified atom stereocenters. The van der Waals surface area contributed by atoms with Crippen molar-refractivity contribution in [3.63, 3.8) is 0 Å². The lowest BCUT2D eigenvalue weighted by molar-refractivity contribution is -0.127. The molecule has 0 fully saturated rings. The molecule has 8 heteroatoms. The van der Waals surface area contributed by atoms with Crippen LogP contribution in [0.4, 0.5) is 8.78 Å². The highest BCUT2D eigenvalue weighted by Crippen LogP contribution is 2.19. The first kappa shape index (κ1) is 21.3. The van der Waals surface area contributed by atoms with Crippen LogP contribution in [0.3, 0.4) is 0 Å². The van der Waals surface area contributed by atoms with Crippen molar-refractivity contribution in [2.45, 2.75) is 32.9 Å². The van der Waals surface area contributed by atoms with Crippen molar-refractivity contribution in [2.24, 2.45) is 11.7 Å². The van der Waals surface area contributed by atoms with E-state index in [1.807, 2.05) is 0 Å². The van der Waals surface area contributed by atoms with Gasteiger partial charge in [0.25, 0.3) is 0 Å². The second kappa shape index (κ2) is 9.42. The molecule has 0 aliphatic rings. The largest absolute Gasteiger partial charge is 0.348 e. The van der Waals surface area contributed by atoms with Crippen LogP contribution in [-0.4, -0.2) is 24.4 Å². The molecule has 4 N–H and O–H groups in total. The number of carbonyl (C=O) groups is 2. The Hall–Kier alpha value is -1.73. The molecule has 5 nitrogen and oxygen atoms in total. The van der Waals surface area contributed by atoms with Gasteiger partial charge in [-0.15, -0.1) is 12.4 Å². The zero-order valence-corrected chi connectivity index (χ0v) is 14.0. The maximum Gasteiger partial charge on any atom is 0.239 e. The molecule has 0 saturated heterocycles. The number of nitrogens with two attached hydrogens (primary N) is 1. The van der Waals surface area contributed by atoms with Crippen molar-refractivity contribution < 1.29 is 18.4 Å². The molecule has 2 atom stereocenters. The highest BCUT2D eigenvalue weighted by atomic mass is 35.5. The molecule has 0 bridgehead atoms. The summed E-state index contributed by atoms with van der Waals surface area (Å²) < 4.78 is 27.2. The van der Waals surface area contributed by atoms with Crippen molar-refractivity contribution in [3.05, 3.63) is 35.4 Å². The lowest BCUT2D eigenvalue weighted by atomic mass is 10.1. The van der Waals surface area contributed by atoms with Crippen LogP contribution in [0, 0.1) is 17.6 Å². The van der Waals surface area contributed by atoms with Crippen LogP contribution in [0.5, 0.6) is 0 Å². The highest BCUT2D eigenvalue weighted by Gasteiger charge is 2.20. The lowest BCUT2D eigenvalue weighted by Gasteiger charge is -2.18. The van der Waals surface area contributed by atoms with E-state index in [4.69, 9.17) is 5.73 Å². The van der Waals surface area contributed by atoms with Crippen LogP contribution in [0.25, 0.3) is 0 Å². The van der Waals surface area contributed by atoms with Gasteiger partial charge in [-0.05, 0) is 25.0 Å². The lowest BCUT2D eigenvalue weighted by Crippen LogP contribution is -2.47. The Bertz CT molecular complexity index is 535. The van der Waals surface area contributed by atoms with Crippen LogP contribution >= 0.6 is 12.4 Å². The molecule has 0 aliphatic carbocycles. The van der Waals surface area contributed by atoms with E-state index in [1.54, 1.807) is 13.8 Å². The molecule has 23 heavy (non-hydrogen) atoms. The fraction of sp³-hybridized carbons (Fsp3) is 0.467. The summed E-state index contributed by atoms with van der Waals surface area (Å²) in [6.07, 6.45) is 0. The Morgan fingerprint density at radius 3 is 2.17 bits per heavy atom. The van der Waals surface area contributed by atoms with Gasteiger partial charge >= 0.3 is 0 Å². The topological polar surface area (TPSA) is 84.2 Å². The standard InChI is InChI=1S/C15H21F2N3O2.ClH/c1-8(2)14(18)15(22)19-7-12(21)20-9(3)13-10(16)5-4-6-11(13)17;/h4-6,8-9,14H,7,18H2,1-3H3,(H,19,22)(H,20,21);1H/t9?,14-;/m0./s1. The summed E-state index contributed by atoms with van der Waals surface area (Å²) in [6, 6.07) is 1.91.